The van der Waals surface area contributed by atoms with Crippen LogP contribution in [0.25, 0.3) is 5.69 Å². The Bertz CT molecular complexity index is 1230. The maximum Gasteiger partial charge on any atom is 0.243 e. The van der Waals surface area contributed by atoms with Crippen LogP contribution in [0.4, 0.5) is 0 Å². The second kappa shape index (κ2) is 11.2. The van der Waals surface area contributed by atoms with Gasteiger partial charge in [-0.15, -0.1) is 0 Å². The van der Waals surface area contributed by atoms with E-state index in [1.54, 1.807) is 12.1 Å². The monoisotopic (exact) mass is 495 g/mol. The summed E-state index contributed by atoms with van der Waals surface area (Å²) in [4.78, 5) is 14.7. The molecule has 4 rings (SSSR count). The molecule has 0 unspecified atom stereocenters. The van der Waals surface area contributed by atoms with Gasteiger partial charge in [-0.05, 0) is 56.5 Å². The molecule has 8 nitrogen and oxygen atoms in total. The number of amides is 1. The number of benzene rings is 2. The summed E-state index contributed by atoms with van der Waals surface area (Å²) in [6, 6.07) is 16.9. The molecule has 2 heterocycles. The molecular weight excluding hydrogens is 462 g/mol. The molecule has 35 heavy (non-hydrogen) atoms. The zero-order valence-electron chi connectivity index (χ0n) is 20.4. The number of nitrogens with zero attached hydrogens (tertiary/aromatic N) is 4. The molecule has 1 saturated heterocycles. The molecule has 3 aromatic rings. The quantitative estimate of drug-likeness (QED) is 0.461. The van der Waals surface area contributed by atoms with Gasteiger partial charge in [-0.3, -0.25) is 9.69 Å². The summed E-state index contributed by atoms with van der Waals surface area (Å²) in [5.74, 6) is -0.0310. The van der Waals surface area contributed by atoms with E-state index in [4.69, 9.17) is 0 Å². The van der Waals surface area contributed by atoms with Gasteiger partial charge in [0.1, 0.15) is 0 Å². The number of rotatable bonds is 9. The standard InChI is InChI=1S/C26H33N5O3S/c1-21-10-12-25(13-11-21)35(33,34)30-17-15-29(16-18-30)20-26(32)27-14-6-7-23-19-31(28-22(23)2)24-8-4-3-5-9-24/h3-5,8-13,19H,6-7,14-18,20H2,1-2H3,(H,27,32). The van der Waals surface area contributed by atoms with Crippen molar-refractivity contribution < 1.29 is 13.2 Å². The van der Waals surface area contributed by atoms with Crippen LogP contribution in [0.15, 0.2) is 65.7 Å². The van der Waals surface area contributed by atoms with Crippen LogP contribution in [-0.2, 0) is 21.2 Å². The van der Waals surface area contributed by atoms with Crippen LogP contribution in [0.1, 0.15) is 23.2 Å². The van der Waals surface area contributed by atoms with Gasteiger partial charge in [0.05, 0.1) is 22.8 Å². The summed E-state index contributed by atoms with van der Waals surface area (Å²) in [6.07, 6.45) is 3.72. The summed E-state index contributed by atoms with van der Waals surface area (Å²) in [7, 11) is -3.49. The van der Waals surface area contributed by atoms with Gasteiger partial charge in [0.15, 0.2) is 0 Å². The molecule has 1 N–H and O–H groups in total. The molecular formula is C26H33N5O3S. The lowest BCUT2D eigenvalue weighted by Gasteiger charge is -2.33. The van der Waals surface area contributed by atoms with Crippen LogP contribution < -0.4 is 5.32 Å². The first-order valence-corrected chi connectivity index (χ1v) is 13.4. The van der Waals surface area contributed by atoms with Gasteiger partial charge in [0.2, 0.25) is 15.9 Å². The van der Waals surface area contributed by atoms with Gasteiger partial charge < -0.3 is 5.32 Å². The summed E-state index contributed by atoms with van der Waals surface area (Å²) in [5.41, 5.74) is 4.23. The SMILES string of the molecule is Cc1ccc(S(=O)(=O)N2CCN(CC(=O)NCCCc3cn(-c4ccccc4)nc3C)CC2)cc1. The summed E-state index contributed by atoms with van der Waals surface area (Å²) >= 11 is 0. The smallest absolute Gasteiger partial charge is 0.243 e. The van der Waals surface area contributed by atoms with Gasteiger partial charge in [-0.2, -0.15) is 9.40 Å². The molecule has 0 aliphatic carbocycles. The van der Waals surface area contributed by atoms with Gasteiger partial charge in [-0.25, -0.2) is 13.1 Å². The molecule has 0 spiro atoms. The molecule has 0 atom stereocenters. The number of para-hydroxylation sites is 1. The number of hydrogen-bond donors (Lipinski definition) is 1. The Hall–Kier alpha value is -3.01. The number of carbonyl (C=O) groups is 1. The van der Waals surface area contributed by atoms with E-state index in [2.05, 4.69) is 16.6 Å². The molecule has 2 aromatic carbocycles. The molecule has 1 aromatic heterocycles. The third-order valence-electron chi connectivity index (χ3n) is 6.32. The number of piperazine rings is 1. The third kappa shape index (κ3) is 6.36. The molecule has 1 fully saturated rings. The molecule has 1 aliphatic rings. The van der Waals surface area contributed by atoms with E-state index in [0.29, 0.717) is 37.6 Å². The number of aromatic nitrogens is 2. The first-order chi connectivity index (χ1) is 16.8. The minimum Gasteiger partial charge on any atom is -0.355 e. The van der Waals surface area contributed by atoms with Crippen molar-refractivity contribution in [3.63, 3.8) is 0 Å². The highest BCUT2D eigenvalue weighted by atomic mass is 32.2. The average Bonchev–Trinajstić information content (AvgIpc) is 3.23. The zero-order chi connectivity index (χ0) is 24.8. The van der Waals surface area contributed by atoms with Gasteiger partial charge in [0.25, 0.3) is 0 Å². The summed E-state index contributed by atoms with van der Waals surface area (Å²) < 4.78 is 29.1. The highest BCUT2D eigenvalue weighted by Gasteiger charge is 2.28. The predicted molar refractivity (Wildman–Crippen MR) is 136 cm³/mol. The maximum atomic E-state index is 12.8. The number of nitrogens with one attached hydrogen (secondary N) is 1. The third-order valence-corrected chi connectivity index (χ3v) is 8.24. The van der Waals surface area contributed by atoms with Crippen molar-refractivity contribution >= 4 is 15.9 Å². The van der Waals surface area contributed by atoms with E-state index in [-0.39, 0.29) is 12.5 Å². The Morgan fingerprint density at radius 3 is 2.34 bits per heavy atom. The van der Waals surface area contributed by atoms with Gasteiger partial charge in [0, 0.05) is 38.9 Å². The molecule has 0 radical (unpaired) electrons. The fraction of sp³-hybridized carbons (Fsp3) is 0.385. The Morgan fingerprint density at radius 2 is 1.66 bits per heavy atom. The van der Waals surface area contributed by atoms with Crippen molar-refractivity contribution in [1.29, 1.82) is 0 Å². The van der Waals surface area contributed by atoms with Crippen molar-refractivity contribution in [3.05, 3.63) is 77.6 Å². The first kappa shape index (κ1) is 25.1. The molecule has 186 valence electrons. The van der Waals surface area contributed by atoms with Gasteiger partial charge >= 0.3 is 0 Å². The van der Waals surface area contributed by atoms with E-state index in [9.17, 15) is 13.2 Å². The Balaban J connectivity index is 1.18. The van der Waals surface area contributed by atoms with Crippen LogP contribution in [0.3, 0.4) is 0 Å². The van der Waals surface area contributed by atoms with Crippen molar-refractivity contribution in [2.24, 2.45) is 0 Å². The van der Waals surface area contributed by atoms with Crippen molar-refractivity contribution in [2.75, 3.05) is 39.3 Å². The van der Waals surface area contributed by atoms with E-state index in [1.807, 2.05) is 65.9 Å². The highest BCUT2D eigenvalue weighted by molar-refractivity contribution is 7.89. The summed E-state index contributed by atoms with van der Waals surface area (Å²) in [5, 5.41) is 7.59. The van der Waals surface area contributed by atoms with Gasteiger partial charge in [-0.1, -0.05) is 35.9 Å². The van der Waals surface area contributed by atoms with E-state index >= 15 is 0 Å². The van der Waals surface area contributed by atoms with E-state index in [0.717, 1.165) is 29.8 Å². The molecule has 0 bridgehead atoms. The van der Waals surface area contributed by atoms with Crippen LogP contribution >= 0.6 is 0 Å². The lowest BCUT2D eigenvalue weighted by Crippen LogP contribution is -2.51. The fourth-order valence-corrected chi connectivity index (χ4v) is 5.63. The van der Waals surface area contributed by atoms with Crippen molar-refractivity contribution in [3.8, 4) is 5.69 Å². The number of hydrogen-bond acceptors (Lipinski definition) is 5. The lowest BCUT2D eigenvalue weighted by atomic mass is 10.1. The molecule has 1 amide bonds. The molecule has 9 heteroatoms. The van der Waals surface area contributed by atoms with E-state index in [1.165, 1.54) is 9.87 Å². The zero-order valence-corrected chi connectivity index (χ0v) is 21.2. The Morgan fingerprint density at radius 1 is 0.971 bits per heavy atom. The normalized spacial score (nSPS) is 15.3. The Labute approximate surface area is 207 Å². The van der Waals surface area contributed by atoms with Crippen LogP contribution in [0, 0.1) is 13.8 Å². The second-order valence-electron chi connectivity index (χ2n) is 8.97. The minimum atomic E-state index is -3.49. The van der Waals surface area contributed by atoms with Crippen LogP contribution in [-0.4, -0.2) is 72.6 Å². The van der Waals surface area contributed by atoms with Crippen molar-refractivity contribution in [2.45, 2.75) is 31.6 Å². The van der Waals surface area contributed by atoms with E-state index < -0.39 is 10.0 Å². The predicted octanol–water partition coefficient (Wildman–Crippen LogP) is 2.54. The van der Waals surface area contributed by atoms with Crippen molar-refractivity contribution in [1.82, 2.24) is 24.3 Å². The number of carbonyl (C=O) groups excluding carboxylic acids is 1. The largest absolute Gasteiger partial charge is 0.355 e. The Kier molecular flexibility index (Phi) is 8.00. The maximum absolute atomic E-state index is 12.8. The average molecular weight is 496 g/mol. The lowest BCUT2D eigenvalue weighted by molar-refractivity contribution is -0.122. The second-order valence-corrected chi connectivity index (χ2v) is 10.9. The highest BCUT2D eigenvalue weighted by Crippen LogP contribution is 2.18. The van der Waals surface area contributed by atoms with Crippen LogP contribution in [0.2, 0.25) is 0 Å². The molecule has 1 aliphatic heterocycles. The first-order valence-electron chi connectivity index (χ1n) is 12.0. The van der Waals surface area contributed by atoms with Crippen LogP contribution in [0.5, 0.6) is 0 Å². The number of sulfonamides is 1. The number of aryl methyl sites for hydroxylation is 3. The topological polar surface area (TPSA) is 87.5 Å². The summed E-state index contributed by atoms with van der Waals surface area (Å²) in [6.45, 7) is 6.65. The molecule has 0 saturated carbocycles. The minimum absolute atomic E-state index is 0.0310. The fourth-order valence-electron chi connectivity index (χ4n) is 4.21.